The topological polar surface area (TPSA) is 82.9 Å². The molecule has 0 spiro atoms. The van der Waals surface area contributed by atoms with Gasteiger partial charge in [-0.2, -0.15) is 0 Å². The SMILES string of the molecule is Bc1cccc(Nc2ncnc3[nH]cc(CN4CCC(C)(N)CC4)c23)c1. The standard InChI is InChI=1S/C19H25BN6/c1-19(21)5-7-26(8-6-19)11-13-10-22-17-16(13)18(24-12-23-17)25-15-4-2-3-14(20)9-15/h2-4,9-10,12H,5-8,11,20-21H2,1H3,(H2,22,23,24,25). The smallest absolute Gasteiger partial charge is 0.143 e. The van der Waals surface area contributed by atoms with Crippen LogP contribution in [0, 0.1) is 0 Å². The van der Waals surface area contributed by atoms with Crippen molar-refractivity contribution in [2.24, 2.45) is 5.73 Å². The fraction of sp³-hybridized carbons (Fsp3) is 0.368. The number of hydrogen-bond donors (Lipinski definition) is 3. The van der Waals surface area contributed by atoms with Gasteiger partial charge in [-0.3, -0.25) is 4.90 Å². The van der Waals surface area contributed by atoms with Gasteiger partial charge in [0.1, 0.15) is 25.6 Å². The van der Waals surface area contributed by atoms with Gasteiger partial charge < -0.3 is 16.0 Å². The van der Waals surface area contributed by atoms with Crippen molar-refractivity contribution in [2.45, 2.75) is 31.8 Å². The first kappa shape index (κ1) is 17.1. The molecule has 2 aromatic heterocycles. The Hall–Kier alpha value is -2.38. The third-order valence-electron chi connectivity index (χ3n) is 5.22. The molecule has 0 saturated carbocycles. The molecule has 0 radical (unpaired) electrons. The molecule has 7 heteroatoms. The largest absolute Gasteiger partial charge is 0.346 e. The maximum Gasteiger partial charge on any atom is 0.143 e. The minimum Gasteiger partial charge on any atom is -0.346 e. The van der Waals surface area contributed by atoms with Crippen molar-refractivity contribution in [3.63, 3.8) is 0 Å². The zero-order chi connectivity index (χ0) is 18.1. The number of piperidine rings is 1. The number of aromatic amines is 1. The molecule has 134 valence electrons. The fourth-order valence-electron chi connectivity index (χ4n) is 3.57. The van der Waals surface area contributed by atoms with Crippen molar-refractivity contribution in [1.82, 2.24) is 19.9 Å². The van der Waals surface area contributed by atoms with Crippen LogP contribution in [0.4, 0.5) is 11.5 Å². The fourth-order valence-corrected chi connectivity index (χ4v) is 3.57. The highest BCUT2D eigenvalue weighted by Gasteiger charge is 2.26. The van der Waals surface area contributed by atoms with E-state index in [0.29, 0.717) is 0 Å². The normalized spacial score (nSPS) is 17.5. The molecule has 1 aliphatic heterocycles. The number of fused-ring (bicyclic) bond motifs is 1. The van der Waals surface area contributed by atoms with Crippen LogP contribution in [0.25, 0.3) is 11.0 Å². The van der Waals surface area contributed by atoms with Gasteiger partial charge in [0.2, 0.25) is 0 Å². The van der Waals surface area contributed by atoms with E-state index in [2.05, 4.69) is 64.3 Å². The van der Waals surface area contributed by atoms with Gasteiger partial charge in [-0.15, -0.1) is 0 Å². The van der Waals surface area contributed by atoms with Crippen LogP contribution < -0.4 is 16.5 Å². The van der Waals surface area contributed by atoms with E-state index in [-0.39, 0.29) is 5.54 Å². The zero-order valence-corrected chi connectivity index (χ0v) is 15.4. The number of hydrogen-bond acceptors (Lipinski definition) is 5. The van der Waals surface area contributed by atoms with E-state index in [4.69, 9.17) is 5.73 Å². The molecule has 0 amide bonds. The van der Waals surface area contributed by atoms with Gasteiger partial charge >= 0.3 is 0 Å². The first-order valence-electron chi connectivity index (χ1n) is 9.16. The second-order valence-corrected chi connectivity index (χ2v) is 7.68. The molecule has 1 saturated heterocycles. The van der Waals surface area contributed by atoms with Crippen molar-refractivity contribution in [3.8, 4) is 0 Å². The molecule has 26 heavy (non-hydrogen) atoms. The van der Waals surface area contributed by atoms with Crippen LogP contribution in [-0.2, 0) is 6.54 Å². The summed E-state index contributed by atoms with van der Waals surface area (Å²) in [6, 6.07) is 8.31. The average molecular weight is 348 g/mol. The van der Waals surface area contributed by atoms with Gasteiger partial charge in [-0.1, -0.05) is 17.6 Å². The Labute approximate surface area is 154 Å². The summed E-state index contributed by atoms with van der Waals surface area (Å²) in [6.45, 7) is 5.07. The highest BCUT2D eigenvalue weighted by Crippen LogP contribution is 2.28. The molecular formula is C19H25BN6. The summed E-state index contributed by atoms with van der Waals surface area (Å²) >= 11 is 0. The molecule has 0 unspecified atom stereocenters. The van der Waals surface area contributed by atoms with E-state index in [0.717, 1.165) is 55.0 Å². The molecule has 1 aromatic carbocycles. The zero-order valence-electron chi connectivity index (χ0n) is 15.4. The van der Waals surface area contributed by atoms with Crippen LogP contribution in [0.15, 0.2) is 36.8 Å². The maximum absolute atomic E-state index is 6.26. The third-order valence-corrected chi connectivity index (χ3v) is 5.22. The quantitative estimate of drug-likeness (QED) is 0.619. The second-order valence-electron chi connectivity index (χ2n) is 7.68. The van der Waals surface area contributed by atoms with Crippen molar-refractivity contribution in [3.05, 3.63) is 42.4 Å². The molecule has 3 aromatic rings. The van der Waals surface area contributed by atoms with Gasteiger partial charge in [-0.25, -0.2) is 9.97 Å². The third kappa shape index (κ3) is 3.59. The highest BCUT2D eigenvalue weighted by atomic mass is 15.1. The Morgan fingerprint density at radius 1 is 1.31 bits per heavy atom. The van der Waals surface area contributed by atoms with Crippen molar-refractivity contribution in [1.29, 1.82) is 0 Å². The van der Waals surface area contributed by atoms with Gasteiger partial charge in [0, 0.05) is 37.1 Å². The summed E-state index contributed by atoms with van der Waals surface area (Å²) in [5, 5.41) is 4.52. The average Bonchev–Trinajstić information content (AvgIpc) is 3.01. The van der Waals surface area contributed by atoms with Crippen LogP contribution in [0.1, 0.15) is 25.3 Å². The van der Waals surface area contributed by atoms with E-state index >= 15 is 0 Å². The van der Waals surface area contributed by atoms with Crippen LogP contribution in [-0.4, -0.2) is 46.3 Å². The maximum atomic E-state index is 6.26. The molecule has 0 bridgehead atoms. The lowest BCUT2D eigenvalue weighted by Gasteiger charge is -2.36. The molecule has 1 fully saturated rings. The van der Waals surface area contributed by atoms with Crippen molar-refractivity contribution in [2.75, 3.05) is 18.4 Å². The molecule has 4 rings (SSSR count). The predicted octanol–water partition coefficient (Wildman–Crippen LogP) is 1.27. The number of H-pyrrole nitrogens is 1. The summed E-state index contributed by atoms with van der Waals surface area (Å²) in [4.78, 5) is 14.6. The second kappa shape index (κ2) is 6.74. The number of likely N-dealkylation sites (tertiary alicyclic amines) is 1. The summed E-state index contributed by atoms with van der Waals surface area (Å²) in [7, 11) is 2.09. The number of anilines is 2. The van der Waals surface area contributed by atoms with E-state index in [1.54, 1.807) is 6.33 Å². The van der Waals surface area contributed by atoms with Crippen LogP contribution >= 0.6 is 0 Å². The number of nitrogens with zero attached hydrogens (tertiary/aromatic N) is 3. The molecule has 0 aliphatic carbocycles. The summed E-state index contributed by atoms with van der Waals surface area (Å²) < 4.78 is 0. The number of rotatable bonds is 4. The number of benzene rings is 1. The molecule has 3 heterocycles. The van der Waals surface area contributed by atoms with Crippen LogP contribution in [0.2, 0.25) is 0 Å². The molecule has 1 aliphatic rings. The lowest BCUT2D eigenvalue weighted by Crippen LogP contribution is -2.47. The Kier molecular flexibility index (Phi) is 4.42. The Morgan fingerprint density at radius 2 is 2.12 bits per heavy atom. The molecule has 6 nitrogen and oxygen atoms in total. The number of nitrogens with two attached hydrogens (primary N) is 1. The van der Waals surface area contributed by atoms with E-state index < -0.39 is 0 Å². The van der Waals surface area contributed by atoms with Crippen molar-refractivity contribution < 1.29 is 0 Å². The molecule has 4 N–H and O–H groups in total. The summed E-state index contributed by atoms with van der Waals surface area (Å²) in [6.07, 6.45) is 5.71. The molecular weight excluding hydrogens is 323 g/mol. The molecule has 0 atom stereocenters. The minimum absolute atomic E-state index is 0.0300. The van der Waals surface area contributed by atoms with E-state index in [1.807, 2.05) is 6.07 Å². The van der Waals surface area contributed by atoms with E-state index in [1.165, 1.54) is 11.0 Å². The lowest BCUT2D eigenvalue weighted by molar-refractivity contribution is 0.165. The first-order valence-corrected chi connectivity index (χ1v) is 9.16. The Morgan fingerprint density at radius 3 is 2.88 bits per heavy atom. The highest BCUT2D eigenvalue weighted by molar-refractivity contribution is 6.32. The van der Waals surface area contributed by atoms with Crippen LogP contribution in [0.3, 0.4) is 0 Å². The number of aromatic nitrogens is 3. The van der Waals surface area contributed by atoms with Crippen LogP contribution in [0.5, 0.6) is 0 Å². The van der Waals surface area contributed by atoms with Gasteiger partial charge in [0.05, 0.1) is 5.39 Å². The Bertz CT molecular complexity index is 909. The summed E-state index contributed by atoms with van der Waals surface area (Å²) in [5.41, 5.74) is 10.6. The lowest BCUT2D eigenvalue weighted by atomic mass is 9.91. The van der Waals surface area contributed by atoms with Gasteiger partial charge in [0.25, 0.3) is 0 Å². The minimum atomic E-state index is -0.0300. The van der Waals surface area contributed by atoms with Crippen molar-refractivity contribution >= 4 is 35.8 Å². The first-order chi connectivity index (χ1) is 12.5. The van der Waals surface area contributed by atoms with E-state index in [9.17, 15) is 0 Å². The Balaban J connectivity index is 1.60. The predicted molar refractivity (Wildman–Crippen MR) is 109 cm³/mol. The van der Waals surface area contributed by atoms with Gasteiger partial charge in [0.15, 0.2) is 0 Å². The monoisotopic (exact) mass is 348 g/mol. The number of nitrogens with one attached hydrogen (secondary N) is 2. The van der Waals surface area contributed by atoms with Gasteiger partial charge in [-0.05, 0) is 37.5 Å². The summed E-state index contributed by atoms with van der Waals surface area (Å²) in [5.74, 6) is 0.845.